The standard InChI is InChI=1S/C30H54O/c1-7-8-22(20(2)3)10-9-21(4)25-13-14-27-24-11-12-26-23(19-31)15-17-30(26,6)28(24)16-18-29(25,27)5/h20-28,31H,7-19H2,1-6H3/t21-,22-,23-,24+,25-,26+,27+,28+,29-,30+/m1/s1. The van der Waals surface area contributed by atoms with Crippen molar-refractivity contribution < 1.29 is 5.11 Å². The van der Waals surface area contributed by atoms with Gasteiger partial charge in [0.25, 0.3) is 0 Å². The second-order valence-corrected chi connectivity index (χ2v) is 13.6. The molecule has 1 heteroatoms. The third kappa shape index (κ3) is 4.06. The summed E-state index contributed by atoms with van der Waals surface area (Å²) in [6, 6.07) is 0. The predicted octanol–water partition coefficient (Wildman–Crippen LogP) is 8.35. The highest BCUT2D eigenvalue weighted by molar-refractivity contribution is 5.10. The molecule has 1 nitrogen and oxygen atoms in total. The number of aliphatic hydroxyl groups is 1. The highest BCUT2D eigenvalue weighted by Gasteiger charge is 2.61. The van der Waals surface area contributed by atoms with E-state index in [1.165, 1.54) is 77.0 Å². The molecule has 0 bridgehead atoms. The Morgan fingerprint density at radius 1 is 0.774 bits per heavy atom. The molecule has 4 saturated carbocycles. The zero-order valence-corrected chi connectivity index (χ0v) is 21.8. The average molecular weight is 431 g/mol. The Morgan fingerprint density at radius 3 is 2.13 bits per heavy atom. The van der Waals surface area contributed by atoms with Gasteiger partial charge in [0.2, 0.25) is 0 Å². The van der Waals surface area contributed by atoms with Gasteiger partial charge in [-0.15, -0.1) is 0 Å². The third-order valence-corrected chi connectivity index (χ3v) is 12.2. The van der Waals surface area contributed by atoms with Crippen molar-refractivity contribution in [2.24, 2.45) is 64.1 Å². The fraction of sp³-hybridized carbons (Fsp3) is 1.00. The van der Waals surface area contributed by atoms with Crippen molar-refractivity contribution in [1.29, 1.82) is 0 Å². The highest BCUT2D eigenvalue weighted by atomic mass is 16.3. The molecule has 4 aliphatic carbocycles. The smallest absolute Gasteiger partial charge is 0.0462 e. The van der Waals surface area contributed by atoms with Gasteiger partial charge in [0.1, 0.15) is 0 Å². The zero-order chi connectivity index (χ0) is 22.4. The van der Waals surface area contributed by atoms with Crippen molar-refractivity contribution >= 4 is 0 Å². The lowest BCUT2D eigenvalue weighted by Crippen LogP contribution is -2.51. The molecule has 4 aliphatic rings. The quantitative estimate of drug-likeness (QED) is 0.410. The Kier molecular flexibility index (Phi) is 7.23. The van der Waals surface area contributed by atoms with Crippen molar-refractivity contribution in [2.45, 2.75) is 119 Å². The van der Waals surface area contributed by atoms with E-state index >= 15 is 0 Å². The molecule has 0 unspecified atom stereocenters. The van der Waals surface area contributed by atoms with E-state index in [9.17, 15) is 5.11 Å². The van der Waals surface area contributed by atoms with Crippen LogP contribution in [0.5, 0.6) is 0 Å². The lowest BCUT2D eigenvalue weighted by Gasteiger charge is -2.58. The van der Waals surface area contributed by atoms with Crippen molar-refractivity contribution in [3.05, 3.63) is 0 Å². The van der Waals surface area contributed by atoms with Gasteiger partial charge in [0.15, 0.2) is 0 Å². The monoisotopic (exact) mass is 430 g/mol. The van der Waals surface area contributed by atoms with Gasteiger partial charge in [0.05, 0.1) is 0 Å². The minimum atomic E-state index is 0.438. The summed E-state index contributed by atoms with van der Waals surface area (Å²) < 4.78 is 0. The molecule has 0 aromatic rings. The van der Waals surface area contributed by atoms with Crippen LogP contribution in [0, 0.1) is 64.1 Å². The molecule has 4 fully saturated rings. The SMILES string of the molecule is CCC[C@H](CC[C@@H](C)[C@H]1CC[C@H]2[C@@H]3CC[C@H]4[C@@H](CO)CC[C@]4(C)[C@H]3CC[C@]12C)C(C)C. The van der Waals surface area contributed by atoms with Gasteiger partial charge < -0.3 is 5.11 Å². The van der Waals surface area contributed by atoms with Crippen molar-refractivity contribution in [1.82, 2.24) is 0 Å². The fourth-order valence-corrected chi connectivity index (χ4v) is 10.4. The topological polar surface area (TPSA) is 20.2 Å². The maximum absolute atomic E-state index is 9.96. The van der Waals surface area contributed by atoms with E-state index in [4.69, 9.17) is 0 Å². The molecule has 4 rings (SSSR count). The van der Waals surface area contributed by atoms with Crippen LogP contribution in [0.1, 0.15) is 119 Å². The molecule has 0 radical (unpaired) electrons. The van der Waals surface area contributed by atoms with Crippen molar-refractivity contribution in [2.75, 3.05) is 6.61 Å². The van der Waals surface area contributed by atoms with Crippen LogP contribution >= 0.6 is 0 Å². The number of hydrogen-bond donors (Lipinski definition) is 1. The lowest BCUT2D eigenvalue weighted by atomic mass is 9.46. The van der Waals surface area contributed by atoms with Gasteiger partial charge in [-0.05, 0) is 122 Å². The lowest BCUT2D eigenvalue weighted by molar-refractivity contribution is -0.0977. The molecule has 180 valence electrons. The normalized spacial score (nSPS) is 46.5. The van der Waals surface area contributed by atoms with E-state index < -0.39 is 0 Å². The molecule has 0 spiro atoms. The Morgan fingerprint density at radius 2 is 1.45 bits per heavy atom. The third-order valence-electron chi connectivity index (χ3n) is 12.2. The predicted molar refractivity (Wildman–Crippen MR) is 133 cm³/mol. The summed E-state index contributed by atoms with van der Waals surface area (Å²) in [5, 5.41) is 9.96. The molecule has 1 N–H and O–H groups in total. The van der Waals surface area contributed by atoms with E-state index in [1.54, 1.807) is 0 Å². The van der Waals surface area contributed by atoms with E-state index in [0.717, 1.165) is 47.3 Å². The van der Waals surface area contributed by atoms with E-state index in [0.29, 0.717) is 23.4 Å². The van der Waals surface area contributed by atoms with Crippen molar-refractivity contribution in [3.63, 3.8) is 0 Å². The molecular weight excluding hydrogens is 376 g/mol. The molecule has 10 atom stereocenters. The van der Waals surface area contributed by atoms with Gasteiger partial charge in [0, 0.05) is 6.61 Å². The van der Waals surface area contributed by atoms with Crippen LogP contribution in [0.3, 0.4) is 0 Å². The summed E-state index contributed by atoms with van der Waals surface area (Å²) in [6.45, 7) is 15.7. The van der Waals surface area contributed by atoms with Crippen LogP contribution in [-0.4, -0.2) is 11.7 Å². The summed E-state index contributed by atoms with van der Waals surface area (Å²) in [7, 11) is 0. The number of fused-ring (bicyclic) bond motifs is 5. The molecule has 0 aromatic carbocycles. The molecule has 0 saturated heterocycles. The van der Waals surface area contributed by atoms with E-state index in [2.05, 4.69) is 41.5 Å². The number of hydrogen-bond acceptors (Lipinski definition) is 1. The Labute approximate surface area is 194 Å². The molecule has 0 amide bonds. The number of rotatable bonds is 8. The van der Waals surface area contributed by atoms with Crippen LogP contribution in [0.4, 0.5) is 0 Å². The molecule has 0 heterocycles. The van der Waals surface area contributed by atoms with Crippen LogP contribution in [0.15, 0.2) is 0 Å². The maximum atomic E-state index is 9.96. The minimum absolute atomic E-state index is 0.438. The zero-order valence-electron chi connectivity index (χ0n) is 21.8. The first kappa shape index (κ1) is 24.1. The fourth-order valence-electron chi connectivity index (χ4n) is 10.4. The van der Waals surface area contributed by atoms with E-state index in [1.807, 2.05) is 0 Å². The van der Waals surface area contributed by atoms with Crippen LogP contribution in [0.2, 0.25) is 0 Å². The highest BCUT2D eigenvalue weighted by Crippen LogP contribution is 2.69. The number of aliphatic hydroxyl groups excluding tert-OH is 1. The first-order valence-corrected chi connectivity index (χ1v) is 14.4. The summed E-state index contributed by atoms with van der Waals surface area (Å²) in [6.07, 6.45) is 17.2. The second-order valence-electron chi connectivity index (χ2n) is 13.6. The summed E-state index contributed by atoms with van der Waals surface area (Å²) in [5.41, 5.74) is 1.14. The Bertz CT molecular complexity index is 597. The first-order chi connectivity index (χ1) is 14.8. The van der Waals surface area contributed by atoms with Gasteiger partial charge in [-0.3, -0.25) is 0 Å². The largest absolute Gasteiger partial charge is 0.396 e. The average Bonchev–Trinajstić information content (AvgIpc) is 3.27. The molecule has 0 aromatic heterocycles. The second kappa shape index (κ2) is 9.31. The molecule has 31 heavy (non-hydrogen) atoms. The Balaban J connectivity index is 1.43. The van der Waals surface area contributed by atoms with Gasteiger partial charge >= 0.3 is 0 Å². The summed E-state index contributed by atoms with van der Waals surface area (Å²) in [5.74, 6) is 7.99. The van der Waals surface area contributed by atoms with Gasteiger partial charge in [-0.1, -0.05) is 60.8 Å². The van der Waals surface area contributed by atoms with Gasteiger partial charge in [-0.25, -0.2) is 0 Å². The maximum Gasteiger partial charge on any atom is 0.0462 e. The Hall–Kier alpha value is -0.0400. The van der Waals surface area contributed by atoms with Crippen LogP contribution < -0.4 is 0 Å². The summed E-state index contributed by atoms with van der Waals surface area (Å²) in [4.78, 5) is 0. The minimum Gasteiger partial charge on any atom is -0.396 e. The van der Waals surface area contributed by atoms with E-state index in [-0.39, 0.29) is 0 Å². The van der Waals surface area contributed by atoms with Crippen molar-refractivity contribution in [3.8, 4) is 0 Å². The van der Waals surface area contributed by atoms with Crippen LogP contribution in [0.25, 0.3) is 0 Å². The first-order valence-electron chi connectivity index (χ1n) is 14.4. The van der Waals surface area contributed by atoms with Crippen LogP contribution in [-0.2, 0) is 0 Å². The summed E-state index contributed by atoms with van der Waals surface area (Å²) >= 11 is 0. The van der Waals surface area contributed by atoms with Gasteiger partial charge in [-0.2, -0.15) is 0 Å². The molecule has 0 aliphatic heterocycles. The molecular formula is C30H54O.